The fourth-order valence-corrected chi connectivity index (χ4v) is 1.92. The zero-order valence-electron chi connectivity index (χ0n) is 10.5. The number of nitrogens with one attached hydrogen (secondary N) is 1. The van der Waals surface area contributed by atoms with Crippen LogP contribution in [0.1, 0.15) is 31.5 Å². The second-order valence-corrected chi connectivity index (χ2v) is 4.26. The molecule has 2 rings (SSSR count). The van der Waals surface area contributed by atoms with Crippen molar-refractivity contribution < 1.29 is 14.1 Å². The van der Waals surface area contributed by atoms with Crippen molar-refractivity contribution in [3.8, 4) is 0 Å². The Hall–Kier alpha value is -1.76. The van der Waals surface area contributed by atoms with Gasteiger partial charge in [-0.05, 0) is 13.3 Å². The molecule has 0 saturated carbocycles. The van der Waals surface area contributed by atoms with E-state index < -0.39 is 6.04 Å². The first-order valence-corrected chi connectivity index (χ1v) is 5.98. The predicted molar refractivity (Wildman–Crippen MR) is 61.3 cm³/mol. The quantitative estimate of drug-likeness (QED) is 0.742. The molecule has 1 aromatic heterocycles. The molecule has 1 aliphatic rings. The average molecular weight is 252 g/mol. The summed E-state index contributed by atoms with van der Waals surface area (Å²) in [6.07, 6.45) is 0.971. The van der Waals surface area contributed by atoms with Crippen molar-refractivity contribution in [1.29, 1.82) is 0 Å². The third-order valence-corrected chi connectivity index (χ3v) is 2.76. The van der Waals surface area contributed by atoms with Gasteiger partial charge in [0, 0.05) is 6.54 Å². The van der Waals surface area contributed by atoms with Crippen LogP contribution in [0.4, 0.5) is 0 Å². The lowest BCUT2D eigenvalue weighted by Crippen LogP contribution is -2.38. The van der Waals surface area contributed by atoms with E-state index in [0.29, 0.717) is 24.8 Å². The number of carbonyl (C=O) groups excluding carboxylic acids is 2. The average Bonchev–Trinajstić information content (AvgIpc) is 2.86. The predicted octanol–water partition coefficient (Wildman–Crippen LogP) is 0.00512. The summed E-state index contributed by atoms with van der Waals surface area (Å²) < 4.78 is 4.93. The summed E-state index contributed by atoms with van der Waals surface area (Å²) >= 11 is 0. The second-order valence-electron chi connectivity index (χ2n) is 4.26. The molecule has 7 nitrogen and oxygen atoms in total. The molecule has 2 amide bonds. The highest BCUT2D eigenvalue weighted by Gasteiger charge is 2.37. The monoisotopic (exact) mass is 252 g/mol. The standard InChI is InChI=1S/C11H16N4O3/c1-3-4-15-10(16)5-8(11(15)17)12-6-9-13-7(2)14-18-9/h8,12H,3-6H2,1-2H3. The molecule has 98 valence electrons. The van der Waals surface area contributed by atoms with E-state index in [0.717, 1.165) is 6.42 Å². The molecule has 0 radical (unpaired) electrons. The molecule has 0 aromatic carbocycles. The van der Waals surface area contributed by atoms with Crippen molar-refractivity contribution in [1.82, 2.24) is 20.4 Å². The lowest BCUT2D eigenvalue weighted by molar-refractivity contribution is -0.138. The molecule has 2 heterocycles. The van der Waals surface area contributed by atoms with Gasteiger partial charge in [0.25, 0.3) is 0 Å². The third-order valence-electron chi connectivity index (χ3n) is 2.76. The molecule has 1 N–H and O–H groups in total. The van der Waals surface area contributed by atoms with Gasteiger partial charge >= 0.3 is 0 Å². The van der Waals surface area contributed by atoms with Gasteiger partial charge in [0.05, 0.1) is 19.0 Å². The Bertz CT molecular complexity index is 457. The van der Waals surface area contributed by atoms with Gasteiger partial charge in [-0.3, -0.25) is 19.8 Å². The van der Waals surface area contributed by atoms with Gasteiger partial charge in [0.15, 0.2) is 5.82 Å². The Labute approximate surface area is 105 Å². The van der Waals surface area contributed by atoms with E-state index in [-0.39, 0.29) is 18.2 Å². The van der Waals surface area contributed by atoms with Gasteiger partial charge in [0.1, 0.15) is 0 Å². The molecule has 0 aliphatic carbocycles. The summed E-state index contributed by atoms with van der Waals surface area (Å²) in [6.45, 7) is 4.43. The smallest absolute Gasteiger partial charge is 0.246 e. The number of amides is 2. The van der Waals surface area contributed by atoms with E-state index in [1.807, 2.05) is 6.92 Å². The van der Waals surface area contributed by atoms with Gasteiger partial charge in [-0.25, -0.2) is 0 Å². The number of rotatable bonds is 5. The van der Waals surface area contributed by atoms with Crippen LogP contribution in [0, 0.1) is 6.92 Å². The van der Waals surface area contributed by atoms with E-state index in [1.54, 1.807) is 6.92 Å². The van der Waals surface area contributed by atoms with Crippen molar-refractivity contribution in [2.45, 2.75) is 39.3 Å². The van der Waals surface area contributed by atoms with E-state index in [4.69, 9.17) is 4.52 Å². The topological polar surface area (TPSA) is 88.3 Å². The number of aryl methyl sites for hydroxylation is 1. The molecule has 1 aromatic rings. The lowest BCUT2D eigenvalue weighted by Gasteiger charge is -2.13. The molecule has 1 fully saturated rings. The van der Waals surface area contributed by atoms with Crippen LogP contribution >= 0.6 is 0 Å². The minimum atomic E-state index is -0.476. The Balaban J connectivity index is 1.91. The van der Waals surface area contributed by atoms with Crippen LogP contribution in [-0.4, -0.2) is 39.4 Å². The van der Waals surface area contributed by atoms with Gasteiger partial charge in [0.2, 0.25) is 17.7 Å². The molecule has 18 heavy (non-hydrogen) atoms. The largest absolute Gasteiger partial charge is 0.338 e. The van der Waals surface area contributed by atoms with Crippen molar-refractivity contribution in [2.24, 2.45) is 0 Å². The Morgan fingerprint density at radius 3 is 2.89 bits per heavy atom. The first-order valence-electron chi connectivity index (χ1n) is 5.98. The Morgan fingerprint density at radius 1 is 1.50 bits per heavy atom. The minimum absolute atomic E-state index is 0.124. The van der Waals surface area contributed by atoms with Gasteiger partial charge in [-0.1, -0.05) is 12.1 Å². The first kappa shape index (κ1) is 12.7. The first-order chi connectivity index (χ1) is 8.61. The van der Waals surface area contributed by atoms with Crippen molar-refractivity contribution >= 4 is 11.8 Å². The van der Waals surface area contributed by atoms with Crippen LogP contribution in [0.3, 0.4) is 0 Å². The molecule has 1 aliphatic heterocycles. The third kappa shape index (κ3) is 2.56. The second kappa shape index (κ2) is 5.26. The number of imide groups is 1. The van der Waals surface area contributed by atoms with Crippen LogP contribution in [0.2, 0.25) is 0 Å². The maximum Gasteiger partial charge on any atom is 0.246 e. The van der Waals surface area contributed by atoms with Crippen LogP contribution in [0.15, 0.2) is 4.52 Å². The molecule has 0 spiro atoms. The van der Waals surface area contributed by atoms with Gasteiger partial charge < -0.3 is 4.52 Å². The van der Waals surface area contributed by atoms with E-state index in [1.165, 1.54) is 4.90 Å². The fraction of sp³-hybridized carbons (Fsp3) is 0.636. The molecule has 1 unspecified atom stereocenters. The Kier molecular flexibility index (Phi) is 3.71. The van der Waals surface area contributed by atoms with Crippen LogP contribution in [0.25, 0.3) is 0 Å². The zero-order chi connectivity index (χ0) is 13.1. The SMILES string of the molecule is CCCN1C(=O)CC(NCc2nc(C)no2)C1=O. The normalized spacial score (nSPS) is 19.9. The number of aromatic nitrogens is 2. The number of likely N-dealkylation sites (tertiary alicyclic amines) is 1. The van der Waals surface area contributed by atoms with E-state index in [2.05, 4.69) is 15.5 Å². The summed E-state index contributed by atoms with van der Waals surface area (Å²) in [6, 6.07) is -0.476. The lowest BCUT2D eigenvalue weighted by atomic mass is 10.2. The molecular formula is C11H16N4O3. The zero-order valence-corrected chi connectivity index (χ0v) is 10.5. The van der Waals surface area contributed by atoms with Crippen LogP contribution in [-0.2, 0) is 16.1 Å². The van der Waals surface area contributed by atoms with Crippen LogP contribution < -0.4 is 5.32 Å². The molecule has 0 bridgehead atoms. The minimum Gasteiger partial charge on any atom is -0.338 e. The van der Waals surface area contributed by atoms with Crippen molar-refractivity contribution in [3.63, 3.8) is 0 Å². The highest BCUT2D eigenvalue weighted by atomic mass is 16.5. The highest BCUT2D eigenvalue weighted by Crippen LogP contribution is 2.13. The molecular weight excluding hydrogens is 236 g/mol. The maximum absolute atomic E-state index is 11.9. The summed E-state index contributed by atoms with van der Waals surface area (Å²) in [5, 5.41) is 6.62. The number of hydrogen-bond donors (Lipinski definition) is 1. The number of hydrogen-bond acceptors (Lipinski definition) is 6. The highest BCUT2D eigenvalue weighted by molar-refractivity contribution is 6.05. The van der Waals surface area contributed by atoms with E-state index in [9.17, 15) is 9.59 Å². The molecule has 7 heteroatoms. The summed E-state index contributed by atoms with van der Waals surface area (Å²) in [4.78, 5) is 28.8. The number of nitrogens with zero attached hydrogens (tertiary/aromatic N) is 3. The van der Waals surface area contributed by atoms with Crippen LogP contribution in [0.5, 0.6) is 0 Å². The van der Waals surface area contributed by atoms with Gasteiger partial charge in [-0.2, -0.15) is 4.98 Å². The van der Waals surface area contributed by atoms with Crippen molar-refractivity contribution in [3.05, 3.63) is 11.7 Å². The summed E-state index contributed by atoms with van der Waals surface area (Å²) in [5.74, 6) is 0.675. The number of carbonyl (C=O) groups is 2. The van der Waals surface area contributed by atoms with E-state index >= 15 is 0 Å². The van der Waals surface area contributed by atoms with Gasteiger partial charge in [-0.15, -0.1) is 0 Å². The Morgan fingerprint density at radius 2 is 2.28 bits per heavy atom. The van der Waals surface area contributed by atoms with Crippen molar-refractivity contribution in [2.75, 3.05) is 6.54 Å². The molecule has 1 atom stereocenters. The summed E-state index contributed by atoms with van der Waals surface area (Å²) in [7, 11) is 0. The molecule has 1 saturated heterocycles. The fourth-order valence-electron chi connectivity index (χ4n) is 1.92. The maximum atomic E-state index is 11.9. The summed E-state index contributed by atoms with van der Waals surface area (Å²) in [5.41, 5.74) is 0.